The number of carboxylic acids is 1. The van der Waals surface area contributed by atoms with Crippen molar-refractivity contribution in [2.24, 2.45) is 5.92 Å². The van der Waals surface area contributed by atoms with E-state index in [2.05, 4.69) is 5.32 Å². The normalized spacial score (nSPS) is 17.7. The van der Waals surface area contributed by atoms with Crippen LogP contribution in [-0.2, 0) is 11.0 Å². The second kappa shape index (κ2) is 4.95. The number of benzene rings is 1. The minimum Gasteiger partial charge on any atom is -0.480 e. The lowest BCUT2D eigenvalue weighted by molar-refractivity contribution is -0.142. The number of carboxylic acid groups (broad SMARTS) is 1. The van der Waals surface area contributed by atoms with Crippen LogP contribution in [-0.4, -0.2) is 16.6 Å². The zero-order chi connectivity index (χ0) is 15.8. The lowest BCUT2D eigenvalue weighted by Gasteiger charge is -2.27. The summed E-state index contributed by atoms with van der Waals surface area (Å²) in [6.07, 6.45) is -3.11. The number of nitriles is 1. The van der Waals surface area contributed by atoms with E-state index in [-0.39, 0.29) is 11.6 Å². The Morgan fingerprint density at radius 1 is 1.43 bits per heavy atom. The number of hydrogen-bond donors (Lipinski definition) is 2. The fraction of sp³-hybridized carbons (Fsp3) is 0.429. The van der Waals surface area contributed by atoms with Gasteiger partial charge in [-0.3, -0.25) is 0 Å². The minimum absolute atomic E-state index is 0.0668. The molecule has 0 heterocycles. The number of hydrogen-bond acceptors (Lipinski definition) is 3. The molecule has 0 amide bonds. The monoisotopic (exact) mass is 298 g/mol. The first-order valence-corrected chi connectivity index (χ1v) is 6.31. The van der Waals surface area contributed by atoms with Crippen molar-refractivity contribution in [2.75, 3.05) is 5.32 Å². The van der Waals surface area contributed by atoms with Crippen LogP contribution >= 0.6 is 0 Å². The second-order valence-corrected chi connectivity index (χ2v) is 5.28. The summed E-state index contributed by atoms with van der Waals surface area (Å²) in [6, 6.07) is 4.46. The van der Waals surface area contributed by atoms with E-state index in [0.717, 1.165) is 31.0 Å². The highest BCUT2D eigenvalue weighted by molar-refractivity contribution is 5.83. The number of anilines is 1. The van der Waals surface area contributed by atoms with Crippen molar-refractivity contribution in [3.8, 4) is 6.07 Å². The van der Waals surface area contributed by atoms with Crippen molar-refractivity contribution in [1.29, 1.82) is 5.26 Å². The molecule has 0 aliphatic heterocycles. The van der Waals surface area contributed by atoms with E-state index in [1.54, 1.807) is 0 Å². The first-order valence-electron chi connectivity index (χ1n) is 6.31. The Morgan fingerprint density at radius 3 is 2.48 bits per heavy atom. The van der Waals surface area contributed by atoms with Crippen molar-refractivity contribution in [3.63, 3.8) is 0 Å². The van der Waals surface area contributed by atoms with Gasteiger partial charge in [0, 0.05) is 5.69 Å². The Balaban J connectivity index is 2.34. The summed E-state index contributed by atoms with van der Waals surface area (Å²) in [4.78, 5) is 11.4. The average Bonchev–Trinajstić information content (AvgIpc) is 3.21. The summed E-state index contributed by atoms with van der Waals surface area (Å²) in [5.41, 5.74) is -2.61. The van der Waals surface area contributed by atoms with Gasteiger partial charge in [0.05, 0.1) is 17.2 Å². The molecule has 1 aromatic carbocycles. The predicted molar refractivity (Wildman–Crippen MR) is 68.5 cm³/mol. The van der Waals surface area contributed by atoms with E-state index >= 15 is 0 Å². The molecular formula is C14H13F3N2O2. The SMILES string of the molecule is CC(Nc1ccc(C(F)(F)F)c(C#N)c1)(C(=O)O)C1CC1. The molecule has 1 fully saturated rings. The number of aliphatic carboxylic acids is 1. The van der Waals surface area contributed by atoms with Crippen molar-refractivity contribution >= 4 is 11.7 Å². The number of carbonyl (C=O) groups is 1. The zero-order valence-corrected chi connectivity index (χ0v) is 11.2. The molecule has 1 atom stereocenters. The molecule has 1 unspecified atom stereocenters. The third-order valence-corrected chi connectivity index (χ3v) is 3.69. The summed E-state index contributed by atoms with van der Waals surface area (Å²) in [6.45, 7) is 1.50. The third kappa shape index (κ3) is 2.94. The number of nitrogens with one attached hydrogen (secondary N) is 1. The van der Waals surface area contributed by atoms with Gasteiger partial charge >= 0.3 is 12.1 Å². The van der Waals surface area contributed by atoms with Crippen LogP contribution in [0.15, 0.2) is 18.2 Å². The predicted octanol–water partition coefficient (Wildman–Crippen LogP) is 3.24. The van der Waals surface area contributed by atoms with Gasteiger partial charge in [-0.2, -0.15) is 18.4 Å². The van der Waals surface area contributed by atoms with Gasteiger partial charge in [0.2, 0.25) is 0 Å². The second-order valence-electron chi connectivity index (χ2n) is 5.28. The summed E-state index contributed by atoms with van der Waals surface area (Å²) in [7, 11) is 0. The molecule has 2 N–H and O–H groups in total. The maximum atomic E-state index is 12.7. The van der Waals surface area contributed by atoms with Crippen LogP contribution in [0.2, 0.25) is 0 Å². The highest BCUT2D eigenvalue weighted by atomic mass is 19.4. The van der Waals surface area contributed by atoms with E-state index in [9.17, 15) is 23.1 Å². The first kappa shape index (κ1) is 15.2. The molecule has 1 aliphatic rings. The highest BCUT2D eigenvalue weighted by Crippen LogP contribution is 2.42. The molecule has 112 valence electrons. The molecule has 1 saturated carbocycles. The van der Waals surface area contributed by atoms with E-state index in [1.165, 1.54) is 13.0 Å². The van der Waals surface area contributed by atoms with Gasteiger partial charge in [-0.15, -0.1) is 0 Å². The van der Waals surface area contributed by atoms with Crippen molar-refractivity contribution in [2.45, 2.75) is 31.5 Å². The van der Waals surface area contributed by atoms with Gasteiger partial charge in [0.1, 0.15) is 5.54 Å². The summed E-state index contributed by atoms with van der Waals surface area (Å²) in [5.74, 6) is -1.13. The fourth-order valence-corrected chi connectivity index (χ4v) is 2.25. The van der Waals surface area contributed by atoms with Crippen LogP contribution in [0.25, 0.3) is 0 Å². The number of halogens is 3. The molecule has 2 rings (SSSR count). The molecule has 0 spiro atoms. The Hall–Kier alpha value is -2.23. The number of rotatable bonds is 4. The zero-order valence-electron chi connectivity index (χ0n) is 11.2. The average molecular weight is 298 g/mol. The molecule has 0 aromatic heterocycles. The molecule has 7 heteroatoms. The summed E-state index contributed by atoms with van der Waals surface area (Å²) < 4.78 is 38.1. The van der Waals surface area contributed by atoms with Gasteiger partial charge in [0.15, 0.2) is 0 Å². The van der Waals surface area contributed by atoms with Crippen molar-refractivity contribution in [1.82, 2.24) is 0 Å². The summed E-state index contributed by atoms with van der Waals surface area (Å²) >= 11 is 0. The van der Waals surface area contributed by atoms with E-state index in [4.69, 9.17) is 5.26 Å². The third-order valence-electron chi connectivity index (χ3n) is 3.69. The van der Waals surface area contributed by atoms with E-state index < -0.39 is 28.8 Å². The van der Waals surface area contributed by atoms with Crippen LogP contribution in [0, 0.1) is 17.2 Å². The van der Waals surface area contributed by atoms with Crippen LogP contribution in [0.4, 0.5) is 18.9 Å². The molecule has 4 nitrogen and oxygen atoms in total. The standard InChI is InChI=1S/C14H13F3N2O2/c1-13(12(20)21,9-2-3-9)19-10-4-5-11(14(15,16)17)8(6-10)7-18/h4-6,9,19H,2-3H2,1H3,(H,20,21). The van der Waals surface area contributed by atoms with Gasteiger partial charge in [-0.25, -0.2) is 4.79 Å². The fourth-order valence-electron chi connectivity index (χ4n) is 2.25. The Labute approximate surface area is 119 Å². The Morgan fingerprint density at radius 2 is 2.05 bits per heavy atom. The lowest BCUT2D eigenvalue weighted by Crippen LogP contribution is -2.45. The first-order chi connectivity index (χ1) is 9.68. The molecule has 21 heavy (non-hydrogen) atoms. The van der Waals surface area contributed by atoms with Gasteiger partial charge in [-0.05, 0) is 43.9 Å². The molecule has 0 radical (unpaired) electrons. The maximum Gasteiger partial charge on any atom is 0.417 e. The smallest absolute Gasteiger partial charge is 0.417 e. The minimum atomic E-state index is -4.61. The number of nitrogens with zero attached hydrogens (tertiary/aromatic N) is 1. The van der Waals surface area contributed by atoms with E-state index in [1.807, 2.05) is 0 Å². The van der Waals surface area contributed by atoms with Gasteiger partial charge < -0.3 is 10.4 Å². The number of alkyl halides is 3. The molecule has 0 saturated heterocycles. The molecule has 1 aliphatic carbocycles. The largest absolute Gasteiger partial charge is 0.480 e. The van der Waals surface area contributed by atoms with Crippen molar-refractivity contribution < 1.29 is 23.1 Å². The van der Waals surface area contributed by atoms with Gasteiger partial charge in [0.25, 0.3) is 0 Å². The van der Waals surface area contributed by atoms with Crippen molar-refractivity contribution in [3.05, 3.63) is 29.3 Å². The molecule has 1 aromatic rings. The Bertz CT molecular complexity index is 618. The van der Waals surface area contributed by atoms with Crippen LogP contribution < -0.4 is 5.32 Å². The highest BCUT2D eigenvalue weighted by Gasteiger charge is 2.47. The molecular weight excluding hydrogens is 285 g/mol. The van der Waals surface area contributed by atoms with Crippen LogP contribution in [0.5, 0.6) is 0 Å². The topological polar surface area (TPSA) is 73.1 Å². The van der Waals surface area contributed by atoms with Gasteiger partial charge in [-0.1, -0.05) is 0 Å². The van der Waals surface area contributed by atoms with Crippen LogP contribution in [0.1, 0.15) is 30.9 Å². The summed E-state index contributed by atoms with van der Waals surface area (Å²) in [5, 5.41) is 20.9. The maximum absolute atomic E-state index is 12.7. The van der Waals surface area contributed by atoms with Crippen LogP contribution in [0.3, 0.4) is 0 Å². The molecule has 0 bridgehead atoms. The van der Waals surface area contributed by atoms with E-state index in [0.29, 0.717) is 0 Å². The quantitative estimate of drug-likeness (QED) is 0.895. The lowest BCUT2D eigenvalue weighted by atomic mass is 9.95. The Kier molecular flexibility index (Phi) is 3.58.